The molecule has 2 nitrogen and oxygen atoms in total. The summed E-state index contributed by atoms with van der Waals surface area (Å²) in [5, 5.41) is 4.47. The van der Waals surface area contributed by atoms with E-state index in [4.69, 9.17) is 27.9 Å². The van der Waals surface area contributed by atoms with E-state index in [-0.39, 0.29) is 0 Å². The summed E-state index contributed by atoms with van der Waals surface area (Å²) in [6.07, 6.45) is 0. The minimum absolute atomic E-state index is 0.602. The molecule has 0 unspecified atom stereocenters. The molecule has 4 heteroatoms. The van der Waals surface area contributed by atoms with E-state index < -0.39 is 0 Å². The van der Waals surface area contributed by atoms with Gasteiger partial charge in [-0.15, -0.1) is 0 Å². The van der Waals surface area contributed by atoms with Gasteiger partial charge in [0.2, 0.25) is 0 Å². The first-order valence-electron chi connectivity index (χ1n) is 5.92. The van der Waals surface area contributed by atoms with Crippen molar-refractivity contribution < 1.29 is 4.74 Å². The quantitative estimate of drug-likeness (QED) is 0.903. The predicted molar refractivity (Wildman–Crippen MR) is 81.2 cm³/mol. The second-order valence-corrected chi connectivity index (χ2v) is 5.00. The third-order valence-electron chi connectivity index (χ3n) is 2.90. The fourth-order valence-corrected chi connectivity index (χ4v) is 2.37. The van der Waals surface area contributed by atoms with Crippen LogP contribution >= 0.6 is 23.2 Å². The van der Waals surface area contributed by atoms with Crippen LogP contribution in [-0.4, -0.2) is 14.2 Å². The van der Waals surface area contributed by atoms with Crippen molar-refractivity contribution in [3.05, 3.63) is 52.0 Å². The topological polar surface area (TPSA) is 21.3 Å². The average Bonchev–Trinajstić information content (AvgIpc) is 2.41. The first kappa shape index (κ1) is 14.2. The number of ether oxygens (including phenoxy) is 1. The summed E-state index contributed by atoms with van der Waals surface area (Å²) in [6, 6.07) is 11.7. The van der Waals surface area contributed by atoms with Crippen LogP contribution < -0.4 is 10.1 Å². The first-order valence-corrected chi connectivity index (χ1v) is 6.68. The van der Waals surface area contributed by atoms with Crippen LogP contribution in [0.4, 0.5) is 0 Å². The van der Waals surface area contributed by atoms with Gasteiger partial charge in [-0.1, -0.05) is 35.3 Å². The minimum atomic E-state index is 0.602. The zero-order chi connectivity index (χ0) is 13.8. The average molecular weight is 296 g/mol. The highest BCUT2D eigenvalue weighted by Gasteiger charge is 2.06. The van der Waals surface area contributed by atoms with Gasteiger partial charge in [0, 0.05) is 11.6 Å². The van der Waals surface area contributed by atoms with Gasteiger partial charge in [-0.05, 0) is 48.0 Å². The van der Waals surface area contributed by atoms with Gasteiger partial charge in [0.1, 0.15) is 5.75 Å². The van der Waals surface area contributed by atoms with Gasteiger partial charge in [-0.25, -0.2) is 0 Å². The molecule has 0 spiro atoms. The van der Waals surface area contributed by atoms with E-state index in [2.05, 4.69) is 11.4 Å². The number of nitrogens with one attached hydrogen (secondary N) is 1. The van der Waals surface area contributed by atoms with Gasteiger partial charge < -0.3 is 10.1 Å². The van der Waals surface area contributed by atoms with Gasteiger partial charge >= 0.3 is 0 Å². The molecule has 0 aromatic heterocycles. The molecule has 100 valence electrons. The van der Waals surface area contributed by atoms with Gasteiger partial charge in [0.25, 0.3) is 0 Å². The maximum atomic E-state index is 6.16. The molecule has 0 atom stereocenters. The largest absolute Gasteiger partial charge is 0.495 e. The van der Waals surface area contributed by atoms with Crippen LogP contribution in [0.15, 0.2) is 36.4 Å². The van der Waals surface area contributed by atoms with Gasteiger partial charge in [0.15, 0.2) is 0 Å². The fraction of sp³-hybridized carbons (Fsp3) is 0.200. The standard InChI is InChI=1S/C15H15Cl2NO/c1-18-9-12-7-10(3-5-13(12)16)11-4-6-15(19-2)14(17)8-11/h3-8,18H,9H2,1-2H3. The molecule has 0 fully saturated rings. The normalized spacial score (nSPS) is 10.5. The molecule has 1 N–H and O–H groups in total. The number of methoxy groups -OCH3 is 1. The molecule has 2 rings (SSSR count). The summed E-state index contributed by atoms with van der Waals surface area (Å²) in [7, 11) is 3.50. The van der Waals surface area contributed by atoms with E-state index >= 15 is 0 Å². The highest BCUT2D eigenvalue weighted by molar-refractivity contribution is 6.32. The Morgan fingerprint density at radius 1 is 1.00 bits per heavy atom. The lowest BCUT2D eigenvalue weighted by atomic mass is 10.0. The number of halogens is 2. The summed E-state index contributed by atoms with van der Waals surface area (Å²) in [4.78, 5) is 0. The Morgan fingerprint density at radius 2 is 1.68 bits per heavy atom. The molecule has 19 heavy (non-hydrogen) atoms. The number of hydrogen-bond acceptors (Lipinski definition) is 2. The Balaban J connectivity index is 2.41. The highest BCUT2D eigenvalue weighted by atomic mass is 35.5. The minimum Gasteiger partial charge on any atom is -0.495 e. The summed E-state index contributed by atoms with van der Waals surface area (Å²) in [5.41, 5.74) is 3.19. The van der Waals surface area contributed by atoms with Crippen molar-refractivity contribution in [3.63, 3.8) is 0 Å². The second kappa shape index (κ2) is 6.29. The lowest BCUT2D eigenvalue weighted by Gasteiger charge is -2.09. The van der Waals surface area contributed by atoms with Crippen molar-refractivity contribution in [2.24, 2.45) is 0 Å². The van der Waals surface area contributed by atoms with E-state index in [1.807, 2.05) is 37.4 Å². The van der Waals surface area contributed by atoms with Crippen LogP contribution in [0.1, 0.15) is 5.56 Å². The monoisotopic (exact) mass is 295 g/mol. The molecule has 0 amide bonds. The van der Waals surface area contributed by atoms with Crippen molar-refractivity contribution in [1.82, 2.24) is 5.32 Å². The highest BCUT2D eigenvalue weighted by Crippen LogP contribution is 2.31. The zero-order valence-corrected chi connectivity index (χ0v) is 12.3. The summed E-state index contributed by atoms with van der Waals surface area (Å²) in [5.74, 6) is 0.676. The smallest absolute Gasteiger partial charge is 0.137 e. The third kappa shape index (κ3) is 3.21. The summed E-state index contributed by atoms with van der Waals surface area (Å²) < 4.78 is 5.15. The molecular formula is C15H15Cl2NO. The Hall–Kier alpha value is -1.22. The van der Waals surface area contributed by atoms with E-state index in [1.165, 1.54) is 0 Å². The Morgan fingerprint density at radius 3 is 2.32 bits per heavy atom. The summed E-state index contributed by atoms with van der Waals surface area (Å²) >= 11 is 12.3. The molecule has 2 aromatic carbocycles. The number of hydrogen-bond donors (Lipinski definition) is 1. The molecule has 0 aliphatic heterocycles. The molecule has 0 heterocycles. The van der Waals surface area contributed by atoms with Gasteiger partial charge in [0.05, 0.1) is 12.1 Å². The zero-order valence-electron chi connectivity index (χ0n) is 10.8. The third-order valence-corrected chi connectivity index (χ3v) is 3.56. The fourth-order valence-electron chi connectivity index (χ4n) is 1.93. The van der Waals surface area contributed by atoms with Crippen LogP contribution in [0.2, 0.25) is 10.0 Å². The first-order chi connectivity index (χ1) is 9.15. The Kier molecular flexibility index (Phi) is 4.70. The van der Waals surface area contributed by atoms with E-state index in [0.717, 1.165) is 28.3 Å². The predicted octanol–water partition coefficient (Wildman–Crippen LogP) is 4.39. The van der Waals surface area contributed by atoms with Crippen LogP contribution in [0, 0.1) is 0 Å². The molecule has 0 saturated heterocycles. The number of benzene rings is 2. The van der Waals surface area contributed by atoms with Gasteiger partial charge in [-0.3, -0.25) is 0 Å². The van der Waals surface area contributed by atoms with Crippen molar-refractivity contribution in [2.45, 2.75) is 6.54 Å². The van der Waals surface area contributed by atoms with E-state index in [9.17, 15) is 0 Å². The van der Waals surface area contributed by atoms with Crippen LogP contribution in [0.3, 0.4) is 0 Å². The Labute approximate surface area is 123 Å². The van der Waals surface area contributed by atoms with E-state index in [1.54, 1.807) is 7.11 Å². The second-order valence-electron chi connectivity index (χ2n) is 4.19. The molecule has 0 aliphatic carbocycles. The molecule has 2 aromatic rings. The van der Waals surface area contributed by atoms with E-state index in [0.29, 0.717) is 10.8 Å². The summed E-state index contributed by atoms with van der Waals surface area (Å²) in [6.45, 7) is 0.733. The van der Waals surface area contributed by atoms with Crippen molar-refractivity contribution in [1.29, 1.82) is 0 Å². The molecule has 0 saturated carbocycles. The van der Waals surface area contributed by atoms with Crippen molar-refractivity contribution in [3.8, 4) is 16.9 Å². The van der Waals surface area contributed by atoms with Crippen LogP contribution in [-0.2, 0) is 6.54 Å². The lowest BCUT2D eigenvalue weighted by Crippen LogP contribution is -2.05. The lowest BCUT2D eigenvalue weighted by molar-refractivity contribution is 0.415. The number of rotatable bonds is 4. The van der Waals surface area contributed by atoms with Crippen LogP contribution in [0.5, 0.6) is 5.75 Å². The molecule has 0 radical (unpaired) electrons. The molecular weight excluding hydrogens is 281 g/mol. The maximum Gasteiger partial charge on any atom is 0.137 e. The maximum absolute atomic E-state index is 6.16. The van der Waals surface area contributed by atoms with Gasteiger partial charge in [-0.2, -0.15) is 0 Å². The molecule has 0 aliphatic rings. The SMILES string of the molecule is CNCc1cc(-c2ccc(OC)c(Cl)c2)ccc1Cl. The van der Waals surface area contributed by atoms with Crippen molar-refractivity contribution in [2.75, 3.05) is 14.2 Å². The van der Waals surface area contributed by atoms with Crippen molar-refractivity contribution >= 4 is 23.2 Å². The Bertz CT molecular complexity index is 584. The molecule has 0 bridgehead atoms. The van der Waals surface area contributed by atoms with Crippen LogP contribution in [0.25, 0.3) is 11.1 Å².